The Hall–Kier alpha value is -3.66. The summed E-state index contributed by atoms with van der Waals surface area (Å²) in [5.41, 5.74) is -1.34. The van der Waals surface area contributed by atoms with E-state index in [1.807, 2.05) is 0 Å². The highest BCUT2D eigenvalue weighted by atomic mass is 16.2. The first-order valence-corrected chi connectivity index (χ1v) is 22.3. The van der Waals surface area contributed by atoms with Crippen LogP contribution in [-0.2, 0) is 16.1 Å². The van der Waals surface area contributed by atoms with Gasteiger partial charge in [0.25, 0.3) is 34.1 Å². The van der Waals surface area contributed by atoms with E-state index in [0.717, 1.165) is 96.6 Å². The van der Waals surface area contributed by atoms with Gasteiger partial charge >= 0.3 is 0 Å². The maximum absolute atomic E-state index is 13.8. The van der Waals surface area contributed by atoms with Crippen LogP contribution in [0.25, 0.3) is 21.5 Å². The first kappa shape index (κ1) is 39.2. The van der Waals surface area contributed by atoms with Gasteiger partial charge in [-0.05, 0) is 86.8 Å². The van der Waals surface area contributed by atoms with Crippen molar-refractivity contribution >= 4 is 33.4 Å². The number of hydrogen-bond acceptors (Lipinski definition) is 7. The normalized spacial score (nSPS) is 28.2. The highest BCUT2D eigenvalue weighted by molar-refractivity contribution is 6.13. The van der Waals surface area contributed by atoms with Crippen LogP contribution in [0.15, 0.2) is 43.5 Å². The number of fused-ring (bicyclic) bond motifs is 7. The Balaban J connectivity index is 0.836. The molecular formula is C46H62N4O6. The summed E-state index contributed by atoms with van der Waals surface area (Å²) in [5, 5.41) is 1.03. The molecular weight excluding hydrogens is 705 g/mol. The zero-order valence-corrected chi connectivity index (χ0v) is 33.7. The first-order chi connectivity index (χ1) is 27.2. The fourth-order valence-corrected chi connectivity index (χ4v) is 12.5. The zero-order chi connectivity index (χ0) is 39.1. The predicted octanol–water partition coefficient (Wildman–Crippen LogP) is 6.86. The lowest BCUT2D eigenvalue weighted by Gasteiger charge is -2.41. The second-order valence-electron chi connectivity index (χ2n) is 18.5. The van der Waals surface area contributed by atoms with Gasteiger partial charge in [-0.25, -0.2) is 0 Å². The second kappa shape index (κ2) is 16.7. The average Bonchev–Trinajstić information content (AvgIpc) is 4.02. The van der Waals surface area contributed by atoms with E-state index in [2.05, 4.69) is 18.9 Å². The molecule has 3 aliphatic carbocycles. The lowest BCUT2D eigenvalue weighted by molar-refractivity contribution is -0.142. The largest absolute Gasteiger partial charge is 0.306 e. The van der Waals surface area contributed by atoms with Gasteiger partial charge in [0.05, 0.1) is 21.5 Å². The smallest absolute Gasteiger partial charge is 0.261 e. The van der Waals surface area contributed by atoms with Crippen molar-refractivity contribution in [1.29, 1.82) is 0 Å². The van der Waals surface area contributed by atoms with Crippen LogP contribution in [0.3, 0.4) is 0 Å². The van der Waals surface area contributed by atoms with E-state index in [-0.39, 0.29) is 67.7 Å². The van der Waals surface area contributed by atoms with Crippen molar-refractivity contribution in [3.63, 3.8) is 0 Å². The lowest BCUT2D eigenvalue weighted by Crippen LogP contribution is -2.47. The van der Waals surface area contributed by atoms with E-state index in [4.69, 9.17) is 0 Å². The molecule has 0 radical (unpaired) electrons. The highest BCUT2D eigenvalue weighted by Gasteiger charge is 2.56. The quantitative estimate of drug-likeness (QED) is 0.103. The molecule has 0 spiro atoms. The molecule has 2 bridgehead atoms. The van der Waals surface area contributed by atoms with Crippen molar-refractivity contribution in [1.82, 2.24) is 18.9 Å². The minimum absolute atomic E-state index is 0.00483. The van der Waals surface area contributed by atoms with Gasteiger partial charge in [-0.2, -0.15) is 0 Å². The fraction of sp³-hybridized carbons (Fsp3) is 0.696. The van der Waals surface area contributed by atoms with Crippen LogP contribution in [-0.4, -0.2) is 56.9 Å². The Kier molecular flexibility index (Phi) is 11.7. The standard InChI is InChI=1S/C46H62N4O6/c1-3-4-5-8-12-19-39(49-41(51)20-21-42(49)52)31-18-14-13-17-29(31)16-11-9-6-7-10-15-22-48-43(53)33-25-35-36(26-34(33)44(48)54)46(56)50(45(35)55)40-24-30-23-32(40)38-28-47(2)27-37(30)38/h20-21,25-26,29-32,37-40H,3-19,22-24,27-28H2,1-2H3. The highest BCUT2D eigenvalue weighted by Crippen LogP contribution is 2.58. The van der Waals surface area contributed by atoms with Crippen molar-refractivity contribution in [3.05, 3.63) is 65.7 Å². The van der Waals surface area contributed by atoms with E-state index >= 15 is 0 Å². The molecule has 3 saturated carbocycles. The van der Waals surface area contributed by atoms with Crippen molar-refractivity contribution in [3.8, 4) is 0 Å². The van der Waals surface area contributed by atoms with Gasteiger partial charge in [-0.15, -0.1) is 0 Å². The van der Waals surface area contributed by atoms with Crippen LogP contribution in [0, 0.1) is 35.5 Å². The monoisotopic (exact) mass is 766 g/mol. The van der Waals surface area contributed by atoms with Gasteiger partial charge in [0, 0.05) is 43.9 Å². The van der Waals surface area contributed by atoms with E-state index in [9.17, 15) is 28.8 Å². The third kappa shape index (κ3) is 7.21. The third-order valence-corrected chi connectivity index (χ3v) is 15.1. The summed E-state index contributed by atoms with van der Waals surface area (Å²) in [7, 11) is 2.15. The van der Waals surface area contributed by atoms with Gasteiger partial charge in [0.2, 0.25) is 0 Å². The Morgan fingerprint density at radius 1 is 0.643 bits per heavy atom. The summed E-state index contributed by atoms with van der Waals surface area (Å²) in [6.07, 6.45) is 23.4. The van der Waals surface area contributed by atoms with Crippen molar-refractivity contribution in [2.24, 2.45) is 35.5 Å². The molecule has 1 saturated heterocycles. The average molecular weight is 767 g/mol. The molecule has 4 fully saturated rings. The molecule has 4 heterocycles. The summed E-state index contributed by atoms with van der Waals surface area (Å²) in [6, 6.07) is 2.95. The number of carbonyl (C=O) groups excluding carboxylic acids is 2. The number of amides is 2. The molecule has 3 aromatic rings. The maximum Gasteiger partial charge on any atom is 0.261 e. The molecule has 56 heavy (non-hydrogen) atoms. The molecule has 8 atom stereocenters. The van der Waals surface area contributed by atoms with E-state index in [1.54, 1.807) is 4.90 Å². The molecule has 0 N–H and O–H groups in total. The Morgan fingerprint density at radius 3 is 1.93 bits per heavy atom. The molecule has 10 nitrogen and oxygen atoms in total. The number of carbonyl (C=O) groups is 2. The van der Waals surface area contributed by atoms with Crippen LogP contribution in [0.4, 0.5) is 0 Å². The molecule has 5 aliphatic rings. The van der Waals surface area contributed by atoms with Crippen LogP contribution >= 0.6 is 0 Å². The zero-order valence-electron chi connectivity index (χ0n) is 33.7. The molecule has 2 amide bonds. The number of rotatable bonds is 18. The fourth-order valence-electron chi connectivity index (χ4n) is 12.5. The van der Waals surface area contributed by atoms with Crippen LogP contribution in [0.5, 0.6) is 0 Å². The number of unbranched alkanes of at least 4 members (excludes halogenated alkanes) is 9. The molecule has 2 aromatic heterocycles. The third-order valence-electron chi connectivity index (χ3n) is 15.1. The number of nitrogens with zero attached hydrogens (tertiary/aromatic N) is 4. The van der Waals surface area contributed by atoms with Crippen molar-refractivity contribution in [2.75, 3.05) is 20.1 Å². The van der Waals surface area contributed by atoms with Crippen molar-refractivity contribution < 1.29 is 9.59 Å². The van der Waals surface area contributed by atoms with Gasteiger partial charge in [0.1, 0.15) is 0 Å². The van der Waals surface area contributed by atoms with Gasteiger partial charge < -0.3 is 4.90 Å². The molecule has 2 aliphatic heterocycles. The predicted molar refractivity (Wildman–Crippen MR) is 221 cm³/mol. The maximum atomic E-state index is 13.8. The molecule has 302 valence electrons. The van der Waals surface area contributed by atoms with Crippen LogP contribution in [0.2, 0.25) is 0 Å². The topological polar surface area (TPSA) is 119 Å². The molecule has 8 unspecified atom stereocenters. The summed E-state index contributed by atoms with van der Waals surface area (Å²) in [4.78, 5) is 84.0. The Labute approximate surface area is 330 Å². The minimum Gasteiger partial charge on any atom is -0.306 e. The SMILES string of the molecule is CCCCCCCC(C1CCCCC1CCCCCCCCn1c(=O)c2cc3c(=O)n(C4CC5CC4C4CN(C)CC54)c(=O)c3cc2c1=O)N1C(=O)C=CC1=O. The number of aromatic nitrogens is 2. The number of likely N-dealkylation sites (tertiary alicyclic amines) is 1. The summed E-state index contributed by atoms with van der Waals surface area (Å²) < 4.78 is 2.77. The first-order valence-electron chi connectivity index (χ1n) is 22.3. The summed E-state index contributed by atoms with van der Waals surface area (Å²) in [5.74, 6) is 2.71. The van der Waals surface area contributed by atoms with E-state index in [0.29, 0.717) is 42.1 Å². The van der Waals surface area contributed by atoms with Crippen LogP contribution < -0.4 is 22.2 Å². The second-order valence-corrected chi connectivity index (χ2v) is 18.5. The number of imide groups is 1. The number of hydrogen-bond donors (Lipinski definition) is 0. The Bertz CT molecular complexity index is 2080. The van der Waals surface area contributed by atoms with Gasteiger partial charge in [-0.1, -0.05) is 96.8 Å². The van der Waals surface area contributed by atoms with Gasteiger partial charge in [-0.3, -0.25) is 42.8 Å². The minimum atomic E-state index is -0.363. The van der Waals surface area contributed by atoms with Gasteiger partial charge in [0.15, 0.2) is 0 Å². The number of benzene rings is 1. The Morgan fingerprint density at radius 2 is 1.23 bits per heavy atom. The molecule has 1 aromatic carbocycles. The lowest BCUT2D eigenvalue weighted by atomic mass is 9.71. The molecule has 10 heteroatoms. The van der Waals surface area contributed by atoms with E-state index < -0.39 is 0 Å². The van der Waals surface area contributed by atoms with E-state index in [1.165, 1.54) is 71.9 Å². The van der Waals surface area contributed by atoms with Crippen molar-refractivity contribution in [2.45, 2.75) is 148 Å². The summed E-state index contributed by atoms with van der Waals surface area (Å²) in [6.45, 7) is 4.67. The summed E-state index contributed by atoms with van der Waals surface area (Å²) >= 11 is 0. The van der Waals surface area contributed by atoms with Crippen LogP contribution in [0.1, 0.15) is 135 Å². The molecule has 8 rings (SSSR count).